The molecule has 1 amide bonds. The molecule has 0 spiro atoms. The molecule has 0 aromatic heterocycles. The molecule has 0 saturated heterocycles. The monoisotopic (exact) mass is 323 g/mol. The van der Waals surface area contributed by atoms with Crippen LogP contribution in [0.25, 0.3) is 0 Å². The average Bonchev–Trinajstić information content (AvgIpc) is 2.49. The Morgan fingerprint density at radius 2 is 1.61 bits per heavy atom. The minimum absolute atomic E-state index is 0.0626. The number of hydrogen-bond donors (Lipinski definition) is 2. The first-order valence-electron chi connectivity index (χ1n) is 7.20. The van der Waals surface area contributed by atoms with Crippen LogP contribution in [0.15, 0.2) is 30.3 Å². The molecule has 23 heavy (non-hydrogen) atoms. The van der Waals surface area contributed by atoms with Crippen molar-refractivity contribution in [3.8, 4) is 0 Å². The number of benzene rings is 1. The Morgan fingerprint density at radius 3 is 2.04 bits per heavy atom. The molecular weight excluding hydrogens is 302 g/mol. The highest BCUT2D eigenvalue weighted by Crippen LogP contribution is 2.17. The lowest BCUT2D eigenvalue weighted by molar-refractivity contribution is -0.150. The Bertz CT molecular complexity index is 557. The Labute approximate surface area is 134 Å². The smallest absolute Gasteiger partial charge is 0.411 e. The van der Waals surface area contributed by atoms with Crippen LogP contribution in [0.2, 0.25) is 0 Å². The van der Waals surface area contributed by atoms with Crippen molar-refractivity contribution in [3.63, 3.8) is 0 Å². The fourth-order valence-corrected chi connectivity index (χ4v) is 2.15. The summed E-state index contributed by atoms with van der Waals surface area (Å²) < 4.78 is 5.10. The Balaban J connectivity index is 2.96. The molecule has 1 aromatic carbocycles. The van der Waals surface area contributed by atoms with Gasteiger partial charge in [0.05, 0.1) is 0 Å². The van der Waals surface area contributed by atoms with Crippen molar-refractivity contribution in [2.75, 3.05) is 0 Å². The van der Waals surface area contributed by atoms with Gasteiger partial charge in [-0.3, -0.25) is 4.90 Å². The summed E-state index contributed by atoms with van der Waals surface area (Å²) in [7, 11) is 0. The molecule has 0 radical (unpaired) electrons. The first kappa shape index (κ1) is 18.5. The van der Waals surface area contributed by atoms with Crippen molar-refractivity contribution >= 4 is 18.0 Å². The zero-order valence-corrected chi connectivity index (χ0v) is 13.3. The first-order chi connectivity index (χ1) is 10.8. The summed E-state index contributed by atoms with van der Waals surface area (Å²) >= 11 is 0. The van der Waals surface area contributed by atoms with Gasteiger partial charge in [0, 0.05) is 0 Å². The predicted molar refractivity (Wildman–Crippen MR) is 81.8 cm³/mol. The molecule has 0 aliphatic carbocycles. The molecular formula is C16H21NO6. The van der Waals surface area contributed by atoms with Crippen molar-refractivity contribution in [1.82, 2.24) is 4.90 Å². The van der Waals surface area contributed by atoms with Gasteiger partial charge in [0.1, 0.15) is 18.7 Å². The van der Waals surface area contributed by atoms with E-state index < -0.39 is 36.0 Å². The molecule has 7 nitrogen and oxygen atoms in total. The van der Waals surface area contributed by atoms with E-state index in [0.29, 0.717) is 0 Å². The summed E-state index contributed by atoms with van der Waals surface area (Å²) in [6.07, 6.45) is -0.968. The van der Waals surface area contributed by atoms with E-state index in [1.807, 2.05) is 6.07 Å². The molecule has 126 valence electrons. The van der Waals surface area contributed by atoms with Crippen molar-refractivity contribution in [2.24, 2.45) is 5.92 Å². The van der Waals surface area contributed by atoms with Crippen molar-refractivity contribution in [1.29, 1.82) is 0 Å². The largest absolute Gasteiger partial charge is 0.480 e. The van der Waals surface area contributed by atoms with Gasteiger partial charge in [-0.05, 0) is 18.4 Å². The Morgan fingerprint density at radius 1 is 1.04 bits per heavy atom. The lowest BCUT2D eigenvalue weighted by Crippen LogP contribution is -2.54. The number of carboxylic acids is 2. The molecule has 2 N–H and O–H groups in total. The third-order valence-corrected chi connectivity index (χ3v) is 3.37. The Hall–Kier alpha value is -2.57. The van der Waals surface area contributed by atoms with E-state index in [2.05, 4.69) is 0 Å². The van der Waals surface area contributed by atoms with Crippen LogP contribution in [0.5, 0.6) is 0 Å². The molecule has 0 aliphatic heterocycles. The summed E-state index contributed by atoms with van der Waals surface area (Å²) in [5.74, 6) is -3.04. The van der Waals surface area contributed by atoms with Crippen LogP contribution >= 0.6 is 0 Å². The van der Waals surface area contributed by atoms with Gasteiger partial charge in [-0.25, -0.2) is 14.4 Å². The van der Waals surface area contributed by atoms with Crippen molar-refractivity contribution in [2.45, 2.75) is 39.5 Å². The van der Waals surface area contributed by atoms with E-state index in [-0.39, 0.29) is 6.61 Å². The molecule has 0 fully saturated rings. The van der Waals surface area contributed by atoms with Gasteiger partial charge >= 0.3 is 18.0 Å². The van der Waals surface area contributed by atoms with Crippen LogP contribution in [-0.4, -0.2) is 45.2 Å². The maximum absolute atomic E-state index is 12.3. The summed E-state index contributed by atoms with van der Waals surface area (Å²) in [6, 6.07) is 6.24. The Kier molecular flexibility index (Phi) is 6.56. The van der Waals surface area contributed by atoms with Gasteiger partial charge in [-0.1, -0.05) is 44.2 Å². The van der Waals surface area contributed by atoms with Gasteiger partial charge in [0.15, 0.2) is 0 Å². The van der Waals surface area contributed by atoms with E-state index in [4.69, 9.17) is 9.84 Å². The number of hydrogen-bond acceptors (Lipinski definition) is 4. The van der Waals surface area contributed by atoms with Gasteiger partial charge in [0.2, 0.25) is 0 Å². The van der Waals surface area contributed by atoms with Crippen LogP contribution in [0.4, 0.5) is 4.79 Å². The summed E-state index contributed by atoms with van der Waals surface area (Å²) in [4.78, 5) is 35.7. The van der Waals surface area contributed by atoms with Crippen molar-refractivity contribution < 1.29 is 29.3 Å². The van der Waals surface area contributed by atoms with E-state index >= 15 is 0 Å². The second kappa shape index (κ2) is 8.17. The molecule has 0 unspecified atom stereocenters. The summed E-state index contributed by atoms with van der Waals surface area (Å²) in [6.45, 7) is 4.40. The van der Waals surface area contributed by atoms with Crippen molar-refractivity contribution in [3.05, 3.63) is 35.9 Å². The number of rotatable bonds is 7. The van der Waals surface area contributed by atoms with E-state index in [1.165, 1.54) is 6.92 Å². The molecule has 1 aromatic rings. The quantitative estimate of drug-likeness (QED) is 0.797. The normalized spacial score (nSPS) is 13.2. The first-order valence-corrected chi connectivity index (χ1v) is 7.20. The summed E-state index contributed by atoms with van der Waals surface area (Å²) in [5.41, 5.74) is 0.722. The lowest BCUT2D eigenvalue weighted by Gasteiger charge is -2.33. The second-order valence-corrected chi connectivity index (χ2v) is 5.49. The number of amides is 1. The molecule has 0 bridgehead atoms. The lowest BCUT2D eigenvalue weighted by atomic mass is 10.0. The maximum atomic E-state index is 12.3. The zero-order chi connectivity index (χ0) is 17.6. The van der Waals surface area contributed by atoms with E-state index in [0.717, 1.165) is 10.5 Å². The van der Waals surface area contributed by atoms with Crippen LogP contribution in [0.1, 0.15) is 26.3 Å². The number of aliphatic carboxylic acids is 2. The molecule has 7 heteroatoms. The van der Waals surface area contributed by atoms with Gasteiger partial charge < -0.3 is 14.9 Å². The highest BCUT2D eigenvalue weighted by Gasteiger charge is 2.39. The fraction of sp³-hybridized carbons (Fsp3) is 0.438. The topological polar surface area (TPSA) is 104 Å². The summed E-state index contributed by atoms with van der Waals surface area (Å²) in [5, 5.41) is 18.5. The van der Waals surface area contributed by atoms with Crippen LogP contribution in [0, 0.1) is 5.92 Å². The second-order valence-electron chi connectivity index (χ2n) is 5.49. The number of carbonyl (C=O) groups excluding carboxylic acids is 1. The number of carboxylic acid groups (broad SMARTS) is 2. The SMILES string of the molecule is CC(C)[C@@H](C(=O)O)N(C(=O)OCc1ccccc1)[C@@H](C)C(=O)O. The van der Waals surface area contributed by atoms with Crippen LogP contribution in [0.3, 0.4) is 0 Å². The third kappa shape index (κ3) is 4.98. The predicted octanol–water partition coefficient (Wildman–Crippen LogP) is 2.21. The minimum atomic E-state index is -1.32. The van der Waals surface area contributed by atoms with Crippen LogP contribution in [-0.2, 0) is 20.9 Å². The molecule has 0 saturated carbocycles. The van der Waals surface area contributed by atoms with Crippen LogP contribution < -0.4 is 0 Å². The third-order valence-electron chi connectivity index (χ3n) is 3.37. The zero-order valence-electron chi connectivity index (χ0n) is 13.3. The number of nitrogens with zero attached hydrogens (tertiary/aromatic N) is 1. The van der Waals surface area contributed by atoms with E-state index in [9.17, 15) is 19.5 Å². The van der Waals surface area contributed by atoms with Gasteiger partial charge in [-0.2, -0.15) is 0 Å². The molecule has 0 aliphatic rings. The van der Waals surface area contributed by atoms with E-state index in [1.54, 1.807) is 38.1 Å². The van der Waals surface area contributed by atoms with Gasteiger partial charge in [-0.15, -0.1) is 0 Å². The maximum Gasteiger partial charge on any atom is 0.411 e. The molecule has 0 heterocycles. The highest BCUT2D eigenvalue weighted by molar-refractivity contribution is 5.85. The number of ether oxygens (including phenoxy) is 1. The molecule has 2 atom stereocenters. The standard InChI is InChI=1S/C16H21NO6/c1-10(2)13(15(20)21)17(11(3)14(18)19)16(22)23-9-12-7-5-4-6-8-12/h4-8,10-11,13H,9H2,1-3H3,(H,18,19)(H,20,21)/t11-,13-/m0/s1. The highest BCUT2D eigenvalue weighted by atomic mass is 16.6. The van der Waals surface area contributed by atoms with Gasteiger partial charge in [0.25, 0.3) is 0 Å². The number of carbonyl (C=O) groups is 3. The minimum Gasteiger partial charge on any atom is -0.480 e. The molecule has 1 rings (SSSR count). The average molecular weight is 323 g/mol. The fourth-order valence-electron chi connectivity index (χ4n) is 2.15.